The first kappa shape index (κ1) is 99.9. The predicted molar refractivity (Wildman–Crippen MR) is 372 cm³/mol. The van der Waals surface area contributed by atoms with E-state index in [1.54, 1.807) is 0 Å². The normalized spacial score (nSPS) is 46.6. The molecule has 9 aliphatic rings. The minimum atomic E-state index is -3.11. The zero-order valence-corrected chi connectivity index (χ0v) is 65.1. The molecule has 0 aromatic carbocycles. The van der Waals surface area contributed by atoms with E-state index in [-0.39, 0.29) is 0 Å². The van der Waals surface area contributed by atoms with E-state index in [2.05, 4.69) is 26.6 Å². The molecule has 9 fully saturated rings. The van der Waals surface area contributed by atoms with Gasteiger partial charge in [-0.15, -0.1) is 0 Å². The molecular weight excluding hydrogens is 1660 g/mol. The molecule has 9 heterocycles. The summed E-state index contributed by atoms with van der Waals surface area (Å²) < 4.78 is 102. The van der Waals surface area contributed by atoms with Crippen molar-refractivity contribution < 1.29 is 242 Å². The van der Waals surface area contributed by atoms with Gasteiger partial charge in [0.1, 0.15) is 213 Å². The number of ether oxygens (including phenoxy) is 17. The van der Waals surface area contributed by atoms with Crippen molar-refractivity contribution in [2.75, 3.05) is 59.5 Å². The van der Waals surface area contributed by atoms with E-state index in [1.165, 1.54) is 0 Å². The van der Waals surface area contributed by atoms with E-state index in [0.717, 1.165) is 34.6 Å². The highest BCUT2D eigenvalue weighted by molar-refractivity contribution is 5.77. The van der Waals surface area contributed by atoms with E-state index < -0.39 is 383 Å². The van der Waals surface area contributed by atoms with Crippen LogP contribution in [0.3, 0.4) is 0 Å². The molecule has 0 saturated carbocycles. The van der Waals surface area contributed by atoms with Crippen LogP contribution in [-0.2, 0) is 109 Å². The van der Waals surface area contributed by atoms with Crippen molar-refractivity contribution in [1.82, 2.24) is 26.6 Å². The van der Waals surface area contributed by atoms with Gasteiger partial charge in [-0.2, -0.15) is 0 Å². The van der Waals surface area contributed by atoms with E-state index in [9.17, 15) is 162 Å². The Morgan fingerprint density at radius 1 is 0.339 bits per heavy atom. The van der Waals surface area contributed by atoms with Crippen LogP contribution in [0.1, 0.15) is 41.0 Å². The Bertz CT molecular complexity index is 3340. The van der Waals surface area contributed by atoms with Crippen LogP contribution in [-0.4, -0.2) is 509 Å². The zero-order valence-electron chi connectivity index (χ0n) is 65.1. The summed E-state index contributed by atoms with van der Waals surface area (Å²) in [6.07, 6.45) is -89.1. The molecule has 31 N–H and O–H groups in total. The maximum atomic E-state index is 13.3. The molecule has 54 nitrogen and oxygen atoms in total. The van der Waals surface area contributed by atoms with Crippen molar-refractivity contribution in [3.8, 4) is 0 Å². The number of hydrogen-bond acceptors (Lipinski definition) is 48. The van der Waals surface area contributed by atoms with E-state index in [0.29, 0.717) is 0 Å². The number of carboxylic acid groups (broad SMARTS) is 1. The average Bonchev–Trinajstić information content (AvgIpc) is 0.762. The minimum Gasteiger partial charge on any atom is -0.477 e. The van der Waals surface area contributed by atoms with Gasteiger partial charge in [0.2, 0.25) is 29.5 Å². The third kappa shape index (κ3) is 22.5. The van der Waals surface area contributed by atoms with Crippen LogP contribution in [0.4, 0.5) is 0 Å². The largest absolute Gasteiger partial charge is 0.477 e. The van der Waals surface area contributed by atoms with Gasteiger partial charge in [0.05, 0.1) is 71.6 Å². The van der Waals surface area contributed by atoms with Gasteiger partial charge in [0.15, 0.2) is 50.3 Å². The minimum absolute atomic E-state index is 0.806. The maximum Gasteiger partial charge on any atom is 0.364 e. The molecule has 0 unspecified atom stereocenters. The van der Waals surface area contributed by atoms with Crippen molar-refractivity contribution in [2.24, 2.45) is 0 Å². The maximum absolute atomic E-state index is 13.3. The van der Waals surface area contributed by atoms with Crippen LogP contribution in [0.2, 0.25) is 0 Å². The molecule has 121 heavy (non-hydrogen) atoms. The molecule has 0 spiro atoms. The summed E-state index contributed by atoms with van der Waals surface area (Å²) in [6, 6.07) is -9.44. The van der Waals surface area contributed by atoms with E-state index in [4.69, 9.17) is 80.5 Å². The standard InChI is InChI=1S/C67H111N5O49/c1-16(80)68-31-21(85)6-67(66(103)104,121-55(31)36(87)22(86)7-73)106-15-29-40(91)46(97)49(100)63(113-29)116-52-27(12-78)112-61(35(44(52)95)72-20(5)84)120-57-47(98)39(90)25(10-76)110-65(57)119-56-50(101)64(117-53-28(13-79)111-60(34(43(53)94)71-19(4)83)115-51-26(11-77)107-58(102)32(42(51)93)69-17(2)81)114-30(14-105-62-48(99)45(96)38(89)24(9-75)109-62)54(56)118-59-33(70-18(3)82)41(92)37(88)23(8-74)108-59/h21-65,73-79,85-102H,6-15H2,1-5H3,(H,68,80)(H,69,81)(H,70,82)(H,71,83)(H,72,84)(H,103,104)/t21-,22+,23+,24+,25+,26+,27+,28+,29+,30+,31+,32+,33+,34+,35+,36+,37+,38+,39+,40-,41+,42+,43+,44+,45-,46-,47-,48-,49-,50-,51+,52+,53+,54+,55+,56+,57-,58+,59-,60-,61-,62-,63-,64-,65+,67+/m0/s1. The lowest BCUT2D eigenvalue weighted by Crippen LogP contribution is -2.71. The molecule has 0 aromatic rings. The molecular formula is C67H111N5O49. The number of carboxylic acids is 1. The van der Waals surface area contributed by atoms with Gasteiger partial charge in [-0.1, -0.05) is 0 Å². The molecule has 0 radical (unpaired) electrons. The highest BCUT2D eigenvalue weighted by Crippen LogP contribution is 2.42. The molecule has 54 heteroatoms. The Labute approximate surface area is 684 Å². The smallest absolute Gasteiger partial charge is 0.364 e. The number of aliphatic hydroxyl groups is 25. The lowest BCUT2D eigenvalue weighted by atomic mass is 9.88. The summed E-state index contributed by atoms with van der Waals surface area (Å²) in [7, 11) is 0. The summed E-state index contributed by atoms with van der Waals surface area (Å²) in [5.41, 5.74) is 0. The van der Waals surface area contributed by atoms with Gasteiger partial charge < -0.3 is 240 Å². The van der Waals surface area contributed by atoms with Crippen molar-refractivity contribution in [3.05, 3.63) is 0 Å². The Morgan fingerprint density at radius 3 is 1.16 bits per heavy atom. The second kappa shape index (κ2) is 43.3. The average molecular weight is 1770 g/mol. The van der Waals surface area contributed by atoms with Crippen molar-refractivity contribution >= 4 is 35.5 Å². The number of rotatable bonds is 33. The van der Waals surface area contributed by atoms with Crippen LogP contribution < -0.4 is 26.6 Å². The number of carbonyl (C=O) groups is 6. The molecule has 0 aromatic heterocycles. The first-order chi connectivity index (χ1) is 57.0. The third-order valence-corrected chi connectivity index (χ3v) is 21.7. The number of aliphatic carboxylic acids is 1. The topological polar surface area (TPSA) is 845 Å². The lowest BCUT2D eigenvalue weighted by Gasteiger charge is -2.52. The van der Waals surface area contributed by atoms with Gasteiger partial charge in [-0.3, -0.25) is 24.0 Å². The van der Waals surface area contributed by atoms with Crippen LogP contribution in [0.25, 0.3) is 0 Å². The fraction of sp³-hybridized carbons (Fsp3) is 0.910. The molecule has 9 aliphatic heterocycles. The molecule has 0 aliphatic carbocycles. The van der Waals surface area contributed by atoms with Crippen LogP contribution in [0.15, 0.2) is 0 Å². The fourth-order valence-electron chi connectivity index (χ4n) is 15.5. The summed E-state index contributed by atoms with van der Waals surface area (Å²) in [5, 5.41) is 302. The fourth-order valence-corrected chi connectivity index (χ4v) is 15.5. The van der Waals surface area contributed by atoms with Gasteiger partial charge in [-0.05, 0) is 0 Å². The SMILES string of the molecule is CC(=O)N[C@@H]1[C@@H](O)[C@H](O[C@@H]2O[C@H](CO)[C@@H](O[C@@H]3O[C@H](CO[C@H]4O[C@H](CO)[C@@H](O)[C@H](O)[C@@H]4O)[C@@H](O[C@@H]4O[C@H](CO)[C@@H](O)[C@H](O)[C@H]4NC(C)=O)[C@H](O[C@H]4O[C@H](CO)[C@@H](O)[C@H](O)[C@@H]4O[C@@H]4O[C@H](CO)[C@@H](O[C@@H]5O[C@H](CO[C@]6(C(=O)O)C[C@H](O)[C@@H](NC(C)=O)[C@H]([C@H](O)[C@H](O)CO)O6)[C@H](O)[C@H](O)[C@@H]5O)[C@H](O)[C@H]4NC(C)=O)[C@@H]3O)[C@H](O)[C@H]2NC(C)=O)[C@@H](CO)O[C@H]1O. The molecule has 5 amide bonds. The van der Waals surface area contributed by atoms with Crippen molar-refractivity contribution in [1.29, 1.82) is 0 Å². The molecule has 9 rings (SSSR count). The monoisotopic (exact) mass is 1770 g/mol. The van der Waals surface area contributed by atoms with E-state index in [1.807, 2.05) is 0 Å². The van der Waals surface area contributed by atoms with Gasteiger partial charge in [-0.25, -0.2) is 4.79 Å². The Kier molecular flexibility index (Phi) is 35.7. The first-order valence-corrected chi connectivity index (χ1v) is 38.2. The van der Waals surface area contributed by atoms with E-state index >= 15 is 0 Å². The van der Waals surface area contributed by atoms with Crippen LogP contribution in [0, 0.1) is 0 Å². The molecule has 9 saturated heterocycles. The first-order valence-electron chi connectivity index (χ1n) is 38.2. The number of nitrogens with one attached hydrogen (secondary N) is 5. The zero-order chi connectivity index (χ0) is 89.6. The molecule has 46 atom stereocenters. The molecule has 0 bridgehead atoms. The number of amides is 5. The number of carbonyl (C=O) groups excluding carboxylic acids is 5. The summed E-state index contributed by atoms with van der Waals surface area (Å²) in [6.45, 7) is -5.96. The second-order valence-electron chi connectivity index (χ2n) is 30.4. The summed E-state index contributed by atoms with van der Waals surface area (Å²) >= 11 is 0. The second-order valence-corrected chi connectivity index (χ2v) is 30.4. The summed E-state index contributed by atoms with van der Waals surface area (Å²) in [4.78, 5) is 76.7. The van der Waals surface area contributed by atoms with Crippen molar-refractivity contribution in [3.63, 3.8) is 0 Å². The van der Waals surface area contributed by atoms with Gasteiger partial charge >= 0.3 is 5.97 Å². The number of hydrogen-bond donors (Lipinski definition) is 31. The Balaban J connectivity index is 1.08. The van der Waals surface area contributed by atoms with Gasteiger partial charge in [0, 0.05) is 41.0 Å². The highest BCUT2D eigenvalue weighted by Gasteiger charge is 2.63. The third-order valence-electron chi connectivity index (χ3n) is 21.7. The number of aliphatic hydroxyl groups excluding tert-OH is 25. The lowest BCUT2D eigenvalue weighted by molar-refractivity contribution is -0.407. The Hall–Kier alpha value is -4.86. The quantitative estimate of drug-likeness (QED) is 0.0290. The Morgan fingerprint density at radius 2 is 0.686 bits per heavy atom. The van der Waals surface area contributed by atoms with Crippen molar-refractivity contribution in [2.45, 2.75) is 323 Å². The van der Waals surface area contributed by atoms with Crippen LogP contribution >= 0.6 is 0 Å². The predicted octanol–water partition coefficient (Wildman–Crippen LogP) is -20.7. The highest BCUT2D eigenvalue weighted by atomic mass is 16.8. The summed E-state index contributed by atoms with van der Waals surface area (Å²) in [5.74, 6) is -9.82. The molecule has 698 valence electrons. The van der Waals surface area contributed by atoms with Crippen LogP contribution in [0.5, 0.6) is 0 Å². The van der Waals surface area contributed by atoms with Gasteiger partial charge in [0.25, 0.3) is 5.79 Å².